The SMILES string of the molecule is CCOc1cc(/C=N\NC(=O)c2ccc(NC(=O)c3cc(OC)c(OC)c(OC)c3)cc2)ccc1OC(=O)c1ccc(OC)cc1. The molecule has 0 aromatic heterocycles. The summed E-state index contributed by atoms with van der Waals surface area (Å²) in [5.74, 6) is 0.835. The molecule has 238 valence electrons. The molecule has 46 heavy (non-hydrogen) atoms. The van der Waals surface area contributed by atoms with Crippen molar-refractivity contribution in [1.82, 2.24) is 5.43 Å². The molecule has 12 nitrogen and oxygen atoms in total. The first kappa shape index (κ1) is 32.9. The lowest BCUT2D eigenvalue weighted by Crippen LogP contribution is -2.18. The molecule has 4 aromatic carbocycles. The highest BCUT2D eigenvalue weighted by Crippen LogP contribution is 2.38. The maximum Gasteiger partial charge on any atom is 0.343 e. The molecule has 0 radical (unpaired) electrons. The number of hydrogen-bond acceptors (Lipinski definition) is 10. The van der Waals surface area contributed by atoms with Crippen LogP contribution in [0.15, 0.2) is 84.0 Å². The number of carbonyl (C=O) groups excluding carboxylic acids is 3. The zero-order valence-corrected chi connectivity index (χ0v) is 25.9. The second-order valence-electron chi connectivity index (χ2n) is 9.40. The number of esters is 1. The summed E-state index contributed by atoms with van der Waals surface area (Å²) in [4.78, 5) is 38.2. The molecule has 0 aliphatic carbocycles. The van der Waals surface area contributed by atoms with Gasteiger partial charge < -0.3 is 33.7 Å². The summed E-state index contributed by atoms with van der Waals surface area (Å²) < 4.78 is 32.2. The number of rotatable bonds is 13. The van der Waals surface area contributed by atoms with Crippen LogP contribution in [0.3, 0.4) is 0 Å². The monoisotopic (exact) mass is 627 g/mol. The highest BCUT2D eigenvalue weighted by molar-refractivity contribution is 6.05. The number of amides is 2. The van der Waals surface area contributed by atoms with E-state index in [1.54, 1.807) is 80.8 Å². The molecule has 0 aliphatic rings. The fourth-order valence-corrected chi connectivity index (χ4v) is 4.19. The van der Waals surface area contributed by atoms with Crippen molar-refractivity contribution >= 4 is 29.7 Å². The zero-order chi connectivity index (χ0) is 33.1. The van der Waals surface area contributed by atoms with Crippen LogP contribution in [0.2, 0.25) is 0 Å². The summed E-state index contributed by atoms with van der Waals surface area (Å²) in [6.07, 6.45) is 1.43. The fourth-order valence-electron chi connectivity index (χ4n) is 4.19. The van der Waals surface area contributed by atoms with Gasteiger partial charge in [0.1, 0.15) is 5.75 Å². The number of anilines is 1. The number of methoxy groups -OCH3 is 4. The first-order valence-corrected chi connectivity index (χ1v) is 14.0. The van der Waals surface area contributed by atoms with Crippen molar-refractivity contribution in [2.24, 2.45) is 5.10 Å². The van der Waals surface area contributed by atoms with E-state index in [9.17, 15) is 14.4 Å². The van der Waals surface area contributed by atoms with Gasteiger partial charge >= 0.3 is 5.97 Å². The number of nitrogens with one attached hydrogen (secondary N) is 2. The van der Waals surface area contributed by atoms with Gasteiger partial charge in [-0.15, -0.1) is 0 Å². The topological polar surface area (TPSA) is 143 Å². The van der Waals surface area contributed by atoms with Crippen LogP contribution in [0.25, 0.3) is 0 Å². The molecule has 0 saturated carbocycles. The molecule has 0 bridgehead atoms. The highest BCUT2D eigenvalue weighted by Gasteiger charge is 2.18. The van der Waals surface area contributed by atoms with Gasteiger partial charge in [-0.05, 0) is 91.3 Å². The van der Waals surface area contributed by atoms with Crippen LogP contribution in [-0.4, -0.2) is 59.0 Å². The van der Waals surface area contributed by atoms with E-state index in [-0.39, 0.29) is 5.75 Å². The molecule has 2 N–H and O–H groups in total. The zero-order valence-electron chi connectivity index (χ0n) is 25.9. The van der Waals surface area contributed by atoms with Crippen LogP contribution in [0.4, 0.5) is 5.69 Å². The van der Waals surface area contributed by atoms with E-state index in [2.05, 4.69) is 15.8 Å². The lowest BCUT2D eigenvalue weighted by atomic mass is 10.1. The highest BCUT2D eigenvalue weighted by atomic mass is 16.6. The van der Waals surface area contributed by atoms with E-state index >= 15 is 0 Å². The summed E-state index contributed by atoms with van der Waals surface area (Å²) in [7, 11) is 5.95. The van der Waals surface area contributed by atoms with E-state index in [4.69, 9.17) is 28.4 Å². The van der Waals surface area contributed by atoms with Crippen molar-refractivity contribution in [2.45, 2.75) is 6.92 Å². The van der Waals surface area contributed by atoms with E-state index in [1.807, 2.05) is 0 Å². The predicted octanol–water partition coefficient (Wildman–Crippen LogP) is 5.36. The van der Waals surface area contributed by atoms with E-state index in [0.29, 0.717) is 63.3 Å². The van der Waals surface area contributed by atoms with Gasteiger partial charge in [0.25, 0.3) is 11.8 Å². The van der Waals surface area contributed by atoms with Crippen LogP contribution in [0, 0.1) is 0 Å². The Bertz CT molecular complexity index is 1690. The minimum Gasteiger partial charge on any atom is -0.497 e. The minimum absolute atomic E-state index is 0.237. The standard InChI is InChI=1S/C34H33N3O9/c1-6-45-28-17-21(7-16-27(28)46-34(40)23-10-14-26(41-2)15-11-23)20-35-37-33(39)22-8-12-25(13-9-22)36-32(38)24-18-29(42-3)31(44-5)30(19-24)43-4/h7-20H,6H2,1-5H3,(H,36,38)(H,37,39)/b35-20-. The van der Waals surface area contributed by atoms with Crippen LogP contribution in [0.1, 0.15) is 43.6 Å². The average molecular weight is 628 g/mol. The largest absolute Gasteiger partial charge is 0.497 e. The average Bonchev–Trinajstić information content (AvgIpc) is 3.08. The Morgan fingerprint density at radius 2 is 1.33 bits per heavy atom. The second-order valence-corrected chi connectivity index (χ2v) is 9.40. The van der Waals surface area contributed by atoms with Crippen molar-refractivity contribution in [3.05, 3.63) is 101 Å². The Hall–Kier alpha value is -6.04. The van der Waals surface area contributed by atoms with Crippen LogP contribution in [-0.2, 0) is 0 Å². The van der Waals surface area contributed by atoms with Crippen molar-refractivity contribution in [1.29, 1.82) is 0 Å². The second kappa shape index (κ2) is 15.6. The van der Waals surface area contributed by atoms with Gasteiger partial charge in [-0.1, -0.05) is 0 Å². The molecule has 4 rings (SSSR count). The molecule has 12 heteroatoms. The Morgan fingerprint density at radius 1 is 0.674 bits per heavy atom. The maximum atomic E-state index is 12.9. The van der Waals surface area contributed by atoms with Crippen molar-refractivity contribution in [3.63, 3.8) is 0 Å². The summed E-state index contributed by atoms with van der Waals surface area (Å²) in [5.41, 5.74) is 4.49. The molecule has 0 unspecified atom stereocenters. The number of ether oxygens (including phenoxy) is 6. The molecular weight excluding hydrogens is 594 g/mol. The molecule has 0 atom stereocenters. The molecule has 0 spiro atoms. The first-order chi connectivity index (χ1) is 22.3. The lowest BCUT2D eigenvalue weighted by molar-refractivity contribution is 0.0728. The molecule has 0 heterocycles. The smallest absolute Gasteiger partial charge is 0.343 e. The summed E-state index contributed by atoms with van der Waals surface area (Å²) in [6, 6.07) is 20.8. The predicted molar refractivity (Wildman–Crippen MR) is 171 cm³/mol. The number of benzene rings is 4. The summed E-state index contributed by atoms with van der Waals surface area (Å²) >= 11 is 0. The van der Waals surface area contributed by atoms with Crippen molar-refractivity contribution in [3.8, 4) is 34.5 Å². The third-order valence-electron chi connectivity index (χ3n) is 6.51. The van der Waals surface area contributed by atoms with Crippen LogP contribution in [0.5, 0.6) is 34.5 Å². The minimum atomic E-state index is -0.552. The third-order valence-corrected chi connectivity index (χ3v) is 6.51. The van der Waals surface area contributed by atoms with E-state index in [1.165, 1.54) is 39.7 Å². The van der Waals surface area contributed by atoms with E-state index < -0.39 is 17.8 Å². The normalized spacial score (nSPS) is 10.5. The van der Waals surface area contributed by atoms with Gasteiger partial charge in [0, 0.05) is 16.8 Å². The molecule has 0 fully saturated rings. The quantitative estimate of drug-likeness (QED) is 0.0867. The number of carbonyl (C=O) groups is 3. The summed E-state index contributed by atoms with van der Waals surface area (Å²) in [6.45, 7) is 2.14. The van der Waals surface area contributed by atoms with Gasteiger partial charge in [0.05, 0.1) is 46.8 Å². The summed E-state index contributed by atoms with van der Waals surface area (Å²) in [5, 5.41) is 6.80. The van der Waals surface area contributed by atoms with Gasteiger partial charge in [-0.2, -0.15) is 5.10 Å². The lowest BCUT2D eigenvalue weighted by Gasteiger charge is -2.14. The molecule has 4 aromatic rings. The number of nitrogens with zero attached hydrogens (tertiary/aromatic N) is 1. The molecule has 2 amide bonds. The Morgan fingerprint density at radius 3 is 1.91 bits per heavy atom. The third kappa shape index (κ3) is 8.11. The molecule has 0 aliphatic heterocycles. The van der Waals surface area contributed by atoms with Gasteiger partial charge in [-0.25, -0.2) is 10.2 Å². The van der Waals surface area contributed by atoms with Gasteiger partial charge in [0.2, 0.25) is 5.75 Å². The molecule has 0 saturated heterocycles. The first-order valence-electron chi connectivity index (χ1n) is 14.0. The maximum absolute atomic E-state index is 12.9. The van der Waals surface area contributed by atoms with E-state index in [0.717, 1.165) is 0 Å². The Balaban J connectivity index is 1.37. The fraction of sp³-hybridized carbons (Fsp3) is 0.176. The van der Waals surface area contributed by atoms with Crippen LogP contribution >= 0.6 is 0 Å². The van der Waals surface area contributed by atoms with Gasteiger partial charge in [-0.3, -0.25) is 9.59 Å². The number of hydrogen-bond donors (Lipinski definition) is 2. The number of hydrazone groups is 1. The molecular formula is C34H33N3O9. The van der Waals surface area contributed by atoms with Gasteiger partial charge in [0.15, 0.2) is 23.0 Å². The van der Waals surface area contributed by atoms with Crippen molar-refractivity contribution < 1.29 is 42.8 Å². The van der Waals surface area contributed by atoms with Crippen molar-refractivity contribution in [2.75, 3.05) is 40.4 Å². The Kier molecular flexibility index (Phi) is 11.2. The van der Waals surface area contributed by atoms with Crippen LogP contribution < -0.4 is 39.2 Å². The Labute approximate surface area is 265 Å².